The lowest BCUT2D eigenvalue weighted by Crippen LogP contribution is -2.36. The highest BCUT2D eigenvalue weighted by molar-refractivity contribution is 6.22. The van der Waals surface area contributed by atoms with Gasteiger partial charge in [-0.25, -0.2) is 0 Å². The molecule has 2 aromatic carbocycles. The first-order valence-electron chi connectivity index (χ1n) is 9.86. The maximum atomic E-state index is 12.6. The van der Waals surface area contributed by atoms with E-state index >= 15 is 0 Å². The Bertz CT molecular complexity index is 1100. The van der Waals surface area contributed by atoms with Crippen molar-refractivity contribution >= 4 is 29.3 Å². The zero-order valence-electron chi connectivity index (χ0n) is 17.5. The van der Waals surface area contributed by atoms with Gasteiger partial charge in [0.15, 0.2) is 0 Å². The van der Waals surface area contributed by atoms with Gasteiger partial charge in [0, 0.05) is 38.1 Å². The maximum Gasteiger partial charge on any atom is 0.471 e. The summed E-state index contributed by atoms with van der Waals surface area (Å²) in [6.07, 6.45) is -4.51. The van der Waals surface area contributed by atoms with Crippen LogP contribution >= 0.6 is 0 Å². The number of carbonyl (C=O) groups excluding carboxylic acids is 4. The first-order chi connectivity index (χ1) is 15.6. The third-order valence-electron chi connectivity index (χ3n) is 4.86. The topological polar surface area (TPSA) is 105 Å². The van der Waals surface area contributed by atoms with Gasteiger partial charge in [0.05, 0.1) is 11.1 Å². The number of nitrogens with one attached hydrogen (secondary N) is 2. The monoisotopic (exact) mass is 463 g/mol. The molecule has 0 saturated carbocycles. The van der Waals surface area contributed by atoms with Crippen molar-refractivity contribution in [1.29, 1.82) is 0 Å². The summed E-state index contributed by atoms with van der Waals surface area (Å²) in [5.41, 5.74) is 1.07. The van der Waals surface area contributed by atoms with E-state index in [0.29, 0.717) is 18.6 Å². The highest BCUT2D eigenvalue weighted by atomic mass is 19.4. The number of benzene rings is 2. The van der Waals surface area contributed by atoms with Gasteiger partial charge in [-0.1, -0.05) is 12.1 Å². The van der Waals surface area contributed by atoms with Crippen molar-refractivity contribution in [2.45, 2.75) is 19.1 Å². The zero-order chi connectivity index (χ0) is 24.2. The third kappa shape index (κ3) is 5.55. The molecule has 0 fully saturated rings. The number of fused-ring (bicyclic) bond motifs is 1. The highest BCUT2D eigenvalue weighted by Crippen LogP contribution is 2.25. The smallest absolute Gasteiger partial charge is 0.385 e. The van der Waals surface area contributed by atoms with Crippen LogP contribution in [-0.4, -0.2) is 55.0 Å². The quantitative estimate of drug-likeness (QED) is 0.463. The molecule has 0 atom stereocenters. The average Bonchev–Trinajstić information content (AvgIpc) is 3.01. The Morgan fingerprint density at radius 2 is 1.76 bits per heavy atom. The van der Waals surface area contributed by atoms with Gasteiger partial charge in [-0.05, 0) is 42.3 Å². The number of anilines is 1. The van der Waals surface area contributed by atoms with Crippen LogP contribution in [0.4, 0.5) is 18.9 Å². The fourth-order valence-electron chi connectivity index (χ4n) is 3.25. The first-order valence-corrected chi connectivity index (χ1v) is 9.86. The fourth-order valence-corrected chi connectivity index (χ4v) is 3.25. The third-order valence-corrected chi connectivity index (χ3v) is 4.86. The number of nitrogens with zero attached hydrogens (tertiary/aromatic N) is 1. The van der Waals surface area contributed by atoms with E-state index in [0.717, 1.165) is 4.90 Å². The van der Waals surface area contributed by atoms with Crippen molar-refractivity contribution in [3.05, 3.63) is 64.7 Å². The minimum Gasteiger partial charge on any atom is -0.385 e. The predicted octanol–water partition coefficient (Wildman–Crippen LogP) is 2.75. The minimum absolute atomic E-state index is 0.119. The van der Waals surface area contributed by atoms with Gasteiger partial charge in [-0.2, -0.15) is 13.2 Å². The Morgan fingerprint density at radius 1 is 1.03 bits per heavy atom. The van der Waals surface area contributed by atoms with E-state index in [9.17, 15) is 32.3 Å². The second-order valence-electron chi connectivity index (χ2n) is 7.20. The summed E-state index contributed by atoms with van der Waals surface area (Å²) in [4.78, 5) is 49.7. The molecule has 3 rings (SSSR count). The van der Waals surface area contributed by atoms with Gasteiger partial charge in [0.2, 0.25) is 0 Å². The number of imide groups is 1. The molecule has 4 amide bonds. The van der Waals surface area contributed by atoms with Crippen LogP contribution in [0.2, 0.25) is 0 Å². The van der Waals surface area contributed by atoms with Gasteiger partial charge in [0.1, 0.15) is 0 Å². The van der Waals surface area contributed by atoms with Crippen molar-refractivity contribution in [2.24, 2.45) is 0 Å². The van der Waals surface area contributed by atoms with Crippen molar-refractivity contribution < 1.29 is 37.1 Å². The van der Waals surface area contributed by atoms with E-state index in [1.807, 2.05) is 0 Å². The summed E-state index contributed by atoms with van der Waals surface area (Å²) in [5, 5.41) is 4.34. The summed E-state index contributed by atoms with van der Waals surface area (Å²) in [6, 6.07) is 10.1. The largest absolute Gasteiger partial charge is 0.471 e. The molecular formula is C22H20F3N3O5. The molecule has 8 nitrogen and oxygen atoms in total. The minimum atomic E-state index is -4.99. The maximum absolute atomic E-state index is 12.6. The van der Waals surface area contributed by atoms with Crippen molar-refractivity contribution in [2.75, 3.05) is 25.6 Å². The molecule has 1 aliphatic rings. The molecule has 2 N–H and O–H groups in total. The number of hydrogen-bond acceptors (Lipinski definition) is 5. The molecule has 0 aliphatic carbocycles. The average molecular weight is 463 g/mol. The molecule has 0 aromatic heterocycles. The van der Waals surface area contributed by atoms with Gasteiger partial charge < -0.3 is 15.4 Å². The Labute approximate surface area is 186 Å². The van der Waals surface area contributed by atoms with Gasteiger partial charge in [0.25, 0.3) is 17.7 Å². The van der Waals surface area contributed by atoms with Gasteiger partial charge in [-0.3, -0.25) is 24.1 Å². The van der Waals surface area contributed by atoms with Crippen LogP contribution in [0, 0.1) is 0 Å². The van der Waals surface area contributed by atoms with E-state index in [4.69, 9.17) is 4.74 Å². The van der Waals surface area contributed by atoms with Crippen LogP contribution in [0.5, 0.6) is 0 Å². The molecule has 2 aromatic rings. The first kappa shape index (κ1) is 23.9. The molecular weight excluding hydrogens is 443 g/mol. The summed E-state index contributed by atoms with van der Waals surface area (Å²) >= 11 is 0. The lowest BCUT2D eigenvalue weighted by atomic mass is 10.1. The molecule has 0 bridgehead atoms. The predicted molar refractivity (Wildman–Crippen MR) is 111 cm³/mol. The van der Waals surface area contributed by atoms with Crippen molar-refractivity contribution in [3.63, 3.8) is 0 Å². The van der Waals surface area contributed by atoms with Crippen LogP contribution in [0.1, 0.15) is 43.1 Å². The molecule has 0 radical (unpaired) electrons. The normalized spacial score (nSPS) is 13.2. The van der Waals surface area contributed by atoms with Crippen LogP contribution in [0.15, 0.2) is 42.5 Å². The van der Waals surface area contributed by atoms with Crippen molar-refractivity contribution in [3.8, 4) is 0 Å². The Morgan fingerprint density at radius 3 is 2.45 bits per heavy atom. The van der Waals surface area contributed by atoms with Crippen LogP contribution in [0.3, 0.4) is 0 Å². The molecule has 174 valence electrons. The number of methoxy groups -OCH3 is 1. The molecule has 0 saturated heterocycles. The number of hydrogen-bond donors (Lipinski definition) is 2. The number of carbonyl (C=O) groups is 4. The lowest BCUT2D eigenvalue weighted by molar-refractivity contribution is -0.173. The number of amides is 4. The Hall–Kier alpha value is -3.73. The van der Waals surface area contributed by atoms with E-state index in [2.05, 4.69) is 5.32 Å². The van der Waals surface area contributed by atoms with E-state index in [-0.39, 0.29) is 35.5 Å². The fraction of sp³-hybridized carbons (Fsp3) is 0.273. The molecule has 0 spiro atoms. The molecule has 1 aliphatic heterocycles. The van der Waals surface area contributed by atoms with E-state index < -0.39 is 29.8 Å². The highest BCUT2D eigenvalue weighted by Gasteiger charge is 2.38. The standard InChI is InChI=1S/C22H20F3N3O5/c1-33-9-3-8-28-19(30)16-7-6-14(11-17(16)20(28)31)18(29)27-15-5-2-4-13(10-15)12-26-21(32)22(23,24)25/h2,4-7,10-11H,3,8-9,12H2,1H3,(H,26,32)(H,27,29). The van der Waals surface area contributed by atoms with E-state index in [1.165, 1.54) is 49.6 Å². The summed E-state index contributed by atoms with van der Waals surface area (Å²) in [5.74, 6) is -3.58. The second kappa shape index (κ2) is 9.82. The van der Waals surface area contributed by atoms with Gasteiger partial charge in [-0.15, -0.1) is 0 Å². The SMILES string of the molecule is COCCCN1C(=O)c2ccc(C(=O)Nc3cccc(CNC(=O)C(F)(F)F)c3)cc2C1=O. The number of halogens is 3. The summed E-state index contributed by atoms with van der Waals surface area (Å²) in [7, 11) is 1.52. The second-order valence-corrected chi connectivity index (χ2v) is 7.20. The van der Waals surface area contributed by atoms with Crippen LogP contribution in [0.25, 0.3) is 0 Å². The molecule has 33 heavy (non-hydrogen) atoms. The Kier molecular flexibility index (Phi) is 7.12. The van der Waals surface area contributed by atoms with Crippen LogP contribution < -0.4 is 10.6 Å². The zero-order valence-corrected chi connectivity index (χ0v) is 17.5. The molecule has 11 heteroatoms. The Balaban J connectivity index is 1.68. The molecule has 0 unspecified atom stereocenters. The molecule has 1 heterocycles. The summed E-state index contributed by atoms with van der Waals surface area (Å²) < 4.78 is 41.9. The van der Waals surface area contributed by atoms with Crippen molar-refractivity contribution in [1.82, 2.24) is 10.2 Å². The van der Waals surface area contributed by atoms with E-state index in [1.54, 1.807) is 5.32 Å². The van der Waals surface area contributed by atoms with Gasteiger partial charge >= 0.3 is 12.1 Å². The lowest BCUT2D eigenvalue weighted by Gasteiger charge is -2.12. The number of ether oxygens (including phenoxy) is 1. The van der Waals surface area contributed by atoms with Crippen LogP contribution in [-0.2, 0) is 16.1 Å². The number of rotatable bonds is 8. The summed E-state index contributed by atoms with van der Waals surface area (Å²) in [6.45, 7) is 0.204. The number of alkyl halides is 3.